The molecule has 9 nitrogen and oxygen atoms in total. The number of benzene rings is 1. The van der Waals surface area contributed by atoms with Gasteiger partial charge in [0, 0.05) is 29.9 Å². The molecule has 5 aromatic rings. The molecule has 0 aliphatic heterocycles. The molecule has 0 aliphatic rings. The Bertz CT molecular complexity index is 1650. The largest absolute Gasteiger partial charge is 0.384 e. The zero-order valence-electron chi connectivity index (χ0n) is 21.1. The second-order valence-corrected chi connectivity index (χ2v) is 8.82. The monoisotopic (exact) mass is 517 g/mol. The fourth-order valence-electron chi connectivity index (χ4n) is 4.20. The number of nitrogens with one attached hydrogen (secondary N) is 2. The lowest BCUT2D eigenvalue weighted by Crippen LogP contribution is -2.25. The molecular weight excluding hydrogens is 490 g/mol. The Balaban J connectivity index is 0.00000156. The maximum atomic E-state index is 13.1. The van der Waals surface area contributed by atoms with Crippen LogP contribution in [0.15, 0.2) is 53.5 Å². The topological polar surface area (TPSA) is 132 Å². The average Bonchev–Trinajstić information content (AvgIpc) is 3.21. The molecule has 0 bridgehead atoms. The number of fused-ring (bicyclic) bond motifs is 2. The minimum atomic E-state index is -0.402. The molecule has 0 atom stereocenters. The first kappa shape index (κ1) is 25.8. The van der Waals surface area contributed by atoms with Crippen molar-refractivity contribution in [2.24, 2.45) is 0 Å². The second kappa shape index (κ2) is 10.8. The molecule has 0 fully saturated rings. The summed E-state index contributed by atoms with van der Waals surface area (Å²) in [7, 11) is 0. The highest BCUT2D eigenvalue weighted by atomic mass is 35.5. The van der Waals surface area contributed by atoms with Gasteiger partial charge in [-0.15, -0.1) is 0 Å². The Hall–Kier alpha value is -4.24. The van der Waals surface area contributed by atoms with Crippen molar-refractivity contribution in [1.82, 2.24) is 30.0 Å². The second-order valence-electron chi connectivity index (χ2n) is 8.38. The molecule has 1 amide bonds. The van der Waals surface area contributed by atoms with E-state index in [0.717, 1.165) is 33.3 Å². The van der Waals surface area contributed by atoms with Crippen LogP contribution in [0.2, 0.25) is 5.02 Å². The van der Waals surface area contributed by atoms with Crippen LogP contribution in [-0.4, -0.2) is 30.6 Å². The number of halogens is 1. The third-order valence-corrected chi connectivity index (χ3v) is 6.10. The van der Waals surface area contributed by atoms with Crippen LogP contribution < -0.4 is 16.6 Å². The number of nitrogens with zero attached hydrogens (tertiary/aromatic N) is 4. The molecular formula is C27H28ClN7O2. The van der Waals surface area contributed by atoms with Gasteiger partial charge in [-0.05, 0) is 60.9 Å². The molecule has 4 N–H and O–H groups in total. The van der Waals surface area contributed by atoms with Crippen LogP contribution in [0.3, 0.4) is 0 Å². The van der Waals surface area contributed by atoms with Crippen LogP contribution >= 0.6 is 11.6 Å². The number of carbonyl (C=O) groups excluding carboxylic acids is 1. The van der Waals surface area contributed by atoms with Crippen molar-refractivity contribution in [3.63, 3.8) is 0 Å². The lowest BCUT2D eigenvalue weighted by molar-refractivity contribution is 0.0946. The maximum Gasteiger partial charge on any atom is 0.274 e. The highest BCUT2D eigenvalue weighted by Crippen LogP contribution is 2.21. The van der Waals surface area contributed by atoms with E-state index in [1.165, 1.54) is 6.07 Å². The highest BCUT2D eigenvalue weighted by molar-refractivity contribution is 6.31. The van der Waals surface area contributed by atoms with E-state index in [2.05, 4.69) is 25.4 Å². The van der Waals surface area contributed by atoms with E-state index in [1.807, 2.05) is 52.0 Å². The summed E-state index contributed by atoms with van der Waals surface area (Å²) in [6.45, 7) is 8.41. The molecule has 4 aromatic heterocycles. The van der Waals surface area contributed by atoms with Crippen molar-refractivity contribution in [3.05, 3.63) is 92.1 Å². The summed E-state index contributed by atoms with van der Waals surface area (Å²) in [6, 6.07) is 12.5. The number of aryl methyl sites for hydroxylation is 2. The fraction of sp³-hybridized carbons (Fsp3) is 0.222. The van der Waals surface area contributed by atoms with Gasteiger partial charge in [-0.3, -0.25) is 19.3 Å². The van der Waals surface area contributed by atoms with Crippen LogP contribution in [0.4, 0.5) is 5.82 Å². The number of nitrogens with two attached hydrogens (primary N) is 1. The Morgan fingerprint density at radius 2 is 1.92 bits per heavy atom. The van der Waals surface area contributed by atoms with E-state index in [4.69, 9.17) is 17.3 Å². The van der Waals surface area contributed by atoms with Crippen LogP contribution in [0.5, 0.6) is 0 Å². The first-order valence-electron chi connectivity index (χ1n) is 11.9. The number of hydrogen-bond acceptors (Lipinski definition) is 6. The van der Waals surface area contributed by atoms with Crippen LogP contribution in [-0.2, 0) is 13.1 Å². The smallest absolute Gasteiger partial charge is 0.274 e. The summed E-state index contributed by atoms with van der Waals surface area (Å²) in [5.41, 5.74) is 11.0. The number of hydrogen-bond donors (Lipinski definition) is 3. The summed E-state index contributed by atoms with van der Waals surface area (Å²) in [5.74, 6) is 0.0323. The van der Waals surface area contributed by atoms with E-state index in [-0.39, 0.29) is 17.8 Å². The number of aromatic nitrogens is 5. The molecule has 0 saturated carbocycles. The predicted octanol–water partition coefficient (Wildman–Crippen LogP) is 4.52. The Labute approximate surface area is 218 Å². The van der Waals surface area contributed by atoms with Gasteiger partial charge in [-0.25, -0.2) is 4.98 Å². The summed E-state index contributed by atoms with van der Waals surface area (Å²) < 4.78 is 1.70. The number of aromatic amines is 1. The lowest BCUT2D eigenvalue weighted by Gasteiger charge is -2.11. The zero-order chi connectivity index (χ0) is 26.7. The maximum absolute atomic E-state index is 13.1. The van der Waals surface area contributed by atoms with Crippen molar-refractivity contribution >= 4 is 45.3 Å². The van der Waals surface area contributed by atoms with Crippen molar-refractivity contribution in [2.75, 3.05) is 5.73 Å². The highest BCUT2D eigenvalue weighted by Gasteiger charge is 2.19. The van der Waals surface area contributed by atoms with Gasteiger partial charge >= 0.3 is 0 Å². The normalized spacial score (nSPS) is 10.8. The molecule has 1 aromatic carbocycles. The number of anilines is 1. The van der Waals surface area contributed by atoms with Crippen molar-refractivity contribution in [2.45, 2.75) is 40.8 Å². The quantitative estimate of drug-likeness (QED) is 0.314. The van der Waals surface area contributed by atoms with Gasteiger partial charge in [0.2, 0.25) is 5.56 Å². The molecule has 10 heteroatoms. The van der Waals surface area contributed by atoms with Gasteiger partial charge in [0.1, 0.15) is 11.3 Å². The average molecular weight is 518 g/mol. The van der Waals surface area contributed by atoms with Gasteiger partial charge in [0.05, 0.1) is 22.6 Å². The zero-order valence-corrected chi connectivity index (χ0v) is 21.8. The summed E-state index contributed by atoms with van der Waals surface area (Å²) in [6.07, 6.45) is 1.61. The Morgan fingerprint density at radius 3 is 2.68 bits per heavy atom. The van der Waals surface area contributed by atoms with Crippen LogP contribution in [0, 0.1) is 13.8 Å². The van der Waals surface area contributed by atoms with E-state index < -0.39 is 5.91 Å². The number of rotatable bonds is 5. The van der Waals surface area contributed by atoms with Crippen molar-refractivity contribution < 1.29 is 4.79 Å². The number of H-pyrrole nitrogens is 1. The molecule has 5 rings (SSSR count). The van der Waals surface area contributed by atoms with E-state index in [9.17, 15) is 9.59 Å². The Morgan fingerprint density at radius 1 is 1.14 bits per heavy atom. The molecule has 37 heavy (non-hydrogen) atoms. The minimum Gasteiger partial charge on any atom is -0.384 e. The third kappa shape index (κ3) is 5.46. The molecule has 0 aliphatic carbocycles. The standard InChI is InChI=1S/C25H22ClN7O2.C2H6/c1-13-7-21(27)30-14(2)18(13)11-29-25(35)24-23-20(5-6-22(34)31-23)33(32-24)12-15-3-4-19-16(8-15)9-17(26)10-28-19;1-2/h3-10H,11-12H2,1-2H3,(H2,27,30)(H,29,35)(H,31,34);1-2H3. The fourth-order valence-corrected chi connectivity index (χ4v) is 4.37. The molecule has 0 unspecified atom stereocenters. The Kier molecular flexibility index (Phi) is 7.54. The molecule has 190 valence electrons. The molecule has 4 heterocycles. The van der Waals surface area contributed by atoms with Gasteiger partial charge < -0.3 is 16.0 Å². The number of carbonyl (C=O) groups is 1. The lowest BCUT2D eigenvalue weighted by atomic mass is 10.1. The molecule has 0 spiro atoms. The number of amides is 1. The summed E-state index contributed by atoms with van der Waals surface area (Å²) in [5, 5.41) is 8.90. The van der Waals surface area contributed by atoms with Crippen LogP contribution in [0.1, 0.15) is 46.7 Å². The van der Waals surface area contributed by atoms with E-state index in [1.54, 1.807) is 23.0 Å². The predicted molar refractivity (Wildman–Crippen MR) is 147 cm³/mol. The molecule has 0 radical (unpaired) electrons. The van der Waals surface area contributed by atoms with Gasteiger partial charge in [-0.2, -0.15) is 5.10 Å². The summed E-state index contributed by atoms with van der Waals surface area (Å²) >= 11 is 6.10. The number of pyridine rings is 3. The van der Waals surface area contributed by atoms with Gasteiger partial charge in [0.15, 0.2) is 5.69 Å². The number of nitrogen functional groups attached to an aromatic ring is 1. The van der Waals surface area contributed by atoms with Crippen LogP contribution in [0.25, 0.3) is 21.9 Å². The summed E-state index contributed by atoms with van der Waals surface area (Å²) in [4.78, 5) is 36.5. The SMILES string of the molecule is CC.Cc1cc(N)nc(C)c1CNC(=O)c1nn(Cc2ccc3ncc(Cl)cc3c2)c2ccc(=O)[nH]c12. The van der Waals surface area contributed by atoms with E-state index >= 15 is 0 Å². The van der Waals surface area contributed by atoms with E-state index in [0.29, 0.717) is 28.4 Å². The minimum absolute atomic E-state index is 0.141. The molecule has 0 saturated heterocycles. The first-order valence-corrected chi connectivity index (χ1v) is 12.3. The third-order valence-electron chi connectivity index (χ3n) is 5.89. The van der Waals surface area contributed by atoms with Crippen molar-refractivity contribution in [1.29, 1.82) is 0 Å². The van der Waals surface area contributed by atoms with Gasteiger partial charge in [0.25, 0.3) is 5.91 Å². The van der Waals surface area contributed by atoms with Crippen molar-refractivity contribution in [3.8, 4) is 0 Å². The first-order chi connectivity index (χ1) is 17.8. The van der Waals surface area contributed by atoms with Gasteiger partial charge in [-0.1, -0.05) is 31.5 Å².